The predicted octanol–water partition coefficient (Wildman–Crippen LogP) is 2.18. The summed E-state index contributed by atoms with van der Waals surface area (Å²) in [4.78, 5) is 19.2. The van der Waals surface area contributed by atoms with Crippen molar-refractivity contribution in [1.82, 2.24) is 30.1 Å². The average Bonchev–Trinajstić information content (AvgIpc) is 3.36. The lowest BCUT2D eigenvalue weighted by atomic mass is 10.1. The third-order valence-electron chi connectivity index (χ3n) is 5.37. The van der Waals surface area contributed by atoms with Crippen molar-refractivity contribution in [3.8, 4) is 0 Å². The van der Waals surface area contributed by atoms with Crippen molar-refractivity contribution < 1.29 is 9.32 Å². The number of rotatable bonds is 5. The van der Waals surface area contributed by atoms with Gasteiger partial charge in [-0.25, -0.2) is 0 Å². The summed E-state index contributed by atoms with van der Waals surface area (Å²) >= 11 is 0. The van der Waals surface area contributed by atoms with Crippen molar-refractivity contribution >= 4 is 5.91 Å². The molecule has 1 fully saturated rings. The summed E-state index contributed by atoms with van der Waals surface area (Å²) in [6.45, 7) is 7.65. The number of aromatic nitrogens is 4. The fraction of sp³-hybridized carbons (Fsp3) is 0.684. The first-order chi connectivity index (χ1) is 13.1. The molecule has 8 heteroatoms. The highest BCUT2D eigenvalue weighted by Crippen LogP contribution is 2.32. The molecule has 4 rings (SSSR count). The van der Waals surface area contributed by atoms with Gasteiger partial charge in [-0.1, -0.05) is 19.0 Å². The Balaban J connectivity index is 1.38. The van der Waals surface area contributed by atoms with Crippen LogP contribution in [0.25, 0.3) is 0 Å². The average molecular weight is 372 g/mol. The van der Waals surface area contributed by atoms with E-state index in [2.05, 4.69) is 31.3 Å². The summed E-state index contributed by atoms with van der Waals surface area (Å²) < 4.78 is 7.52. The van der Waals surface area contributed by atoms with Crippen LogP contribution in [-0.4, -0.2) is 43.8 Å². The van der Waals surface area contributed by atoms with E-state index < -0.39 is 0 Å². The quantitative estimate of drug-likeness (QED) is 0.865. The Hall–Kier alpha value is -2.22. The highest BCUT2D eigenvalue weighted by molar-refractivity contribution is 5.77. The number of carbonyl (C=O) groups is 1. The van der Waals surface area contributed by atoms with Crippen LogP contribution < -0.4 is 5.32 Å². The highest BCUT2D eigenvalue weighted by atomic mass is 16.5. The van der Waals surface area contributed by atoms with Crippen molar-refractivity contribution in [2.24, 2.45) is 0 Å². The second-order valence-electron chi connectivity index (χ2n) is 7.77. The minimum atomic E-state index is -0.0829. The number of fused-ring (bicyclic) bond motifs is 1. The van der Waals surface area contributed by atoms with Crippen molar-refractivity contribution in [2.75, 3.05) is 13.1 Å². The van der Waals surface area contributed by atoms with Gasteiger partial charge in [0.15, 0.2) is 5.82 Å². The number of nitrogens with zero attached hydrogens (tertiary/aromatic N) is 5. The number of amides is 1. The van der Waals surface area contributed by atoms with Crippen molar-refractivity contribution in [3.05, 3.63) is 29.2 Å². The zero-order valence-electron chi connectivity index (χ0n) is 16.1. The fourth-order valence-corrected chi connectivity index (χ4v) is 3.86. The lowest BCUT2D eigenvalue weighted by Crippen LogP contribution is -2.31. The summed E-state index contributed by atoms with van der Waals surface area (Å²) in [6.07, 6.45) is 4.08. The molecular formula is C19H28N6O2. The van der Waals surface area contributed by atoms with Gasteiger partial charge in [0.25, 0.3) is 0 Å². The molecule has 1 saturated heterocycles. The van der Waals surface area contributed by atoms with Gasteiger partial charge < -0.3 is 14.7 Å². The summed E-state index contributed by atoms with van der Waals surface area (Å²) in [5, 5.41) is 12.1. The number of nitrogens with one attached hydrogen (secondary N) is 1. The van der Waals surface area contributed by atoms with Crippen LogP contribution in [0, 0.1) is 0 Å². The number of aryl methyl sites for hydroxylation is 2. The van der Waals surface area contributed by atoms with Gasteiger partial charge in [-0.15, -0.1) is 0 Å². The fourth-order valence-electron chi connectivity index (χ4n) is 3.86. The molecule has 4 heterocycles. The summed E-state index contributed by atoms with van der Waals surface area (Å²) in [5.41, 5.74) is 2.21. The molecule has 2 aliphatic rings. The smallest absolute Gasteiger partial charge is 0.249 e. The van der Waals surface area contributed by atoms with Crippen LogP contribution >= 0.6 is 0 Å². The molecule has 0 spiro atoms. The number of hydrogen-bond donors (Lipinski definition) is 1. The Labute approximate surface area is 159 Å². The minimum absolute atomic E-state index is 0.0829. The van der Waals surface area contributed by atoms with Crippen molar-refractivity contribution in [3.63, 3.8) is 0 Å². The van der Waals surface area contributed by atoms with Crippen LogP contribution in [0.3, 0.4) is 0 Å². The molecule has 0 bridgehead atoms. The Morgan fingerprint density at radius 1 is 1.37 bits per heavy atom. The van der Waals surface area contributed by atoms with Crippen molar-refractivity contribution in [2.45, 2.75) is 71.0 Å². The normalized spacial score (nSPS) is 20.1. The van der Waals surface area contributed by atoms with Gasteiger partial charge in [-0.3, -0.25) is 9.48 Å². The zero-order valence-corrected chi connectivity index (χ0v) is 16.1. The Bertz CT molecular complexity index is 772. The highest BCUT2D eigenvalue weighted by Gasteiger charge is 2.34. The van der Waals surface area contributed by atoms with E-state index in [9.17, 15) is 4.79 Å². The standard InChI is InChI=1S/C19H28N6O2/c1-13(2)18-21-19(27-23-18)16-5-3-9-24(16)17(26)7-6-14-11-15-12-20-8-4-10-25(15)22-14/h11,13,16,20H,3-10,12H2,1-2H3. The van der Waals surface area contributed by atoms with Crippen LogP contribution in [0.2, 0.25) is 0 Å². The molecule has 1 unspecified atom stereocenters. The van der Waals surface area contributed by atoms with Gasteiger partial charge in [0.1, 0.15) is 6.04 Å². The molecule has 2 aliphatic heterocycles. The van der Waals surface area contributed by atoms with Gasteiger partial charge in [0.05, 0.1) is 11.4 Å². The molecule has 0 saturated carbocycles. The number of carbonyl (C=O) groups excluding carboxylic acids is 1. The first kappa shape index (κ1) is 18.2. The molecular weight excluding hydrogens is 344 g/mol. The Kier molecular flexibility index (Phi) is 5.24. The molecule has 27 heavy (non-hydrogen) atoms. The summed E-state index contributed by atoms with van der Waals surface area (Å²) in [5.74, 6) is 1.64. The van der Waals surface area contributed by atoms with Gasteiger partial charge in [0, 0.05) is 38.4 Å². The van der Waals surface area contributed by atoms with Gasteiger partial charge in [-0.05, 0) is 31.9 Å². The van der Waals surface area contributed by atoms with Gasteiger partial charge >= 0.3 is 0 Å². The molecule has 1 N–H and O–H groups in total. The first-order valence-corrected chi connectivity index (χ1v) is 10.0. The molecule has 2 aromatic rings. The van der Waals surface area contributed by atoms with E-state index in [-0.39, 0.29) is 17.9 Å². The van der Waals surface area contributed by atoms with E-state index in [0.29, 0.717) is 24.6 Å². The zero-order chi connectivity index (χ0) is 18.8. The Morgan fingerprint density at radius 3 is 3.07 bits per heavy atom. The van der Waals surface area contributed by atoms with Crippen LogP contribution in [0.1, 0.15) is 74.6 Å². The van der Waals surface area contributed by atoms with Crippen LogP contribution in [-0.2, 0) is 24.3 Å². The van der Waals surface area contributed by atoms with Crippen LogP contribution in [0.5, 0.6) is 0 Å². The molecule has 0 aromatic carbocycles. The van der Waals surface area contributed by atoms with E-state index in [1.165, 1.54) is 5.69 Å². The second-order valence-corrected chi connectivity index (χ2v) is 7.77. The largest absolute Gasteiger partial charge is 0.337 e. The lowest BCUT2D eigenvalue weighted by Gasteiger charge is -2.21. The first-order valence-electron chi connectivity index (χ1n) is 10.0. The predicted molar refractivity (Wildman–Crippen MR) is 98.9 cm³/mol. The summed E-state index contributed by atoms with van der Waals surface area (Å²) in [6, 6.07) is 2.04. The second kappa shape index (κ2) is 7.80. The monoisotopic (exact) mass is 372 g/mol. The lowest BCUT2D eigenvalue weighted by molar-refractivity contribution is -0.132. The third kappa shape index (κ3) is 3.90. The molecule has 0 aliphatic carbocycles. The maximum absolute atomic E-state index is 12.8. The maximum Gasteiger partial charge on any atom is 0.249 e. The topological polar surface area (TPSA) is 89.1 Å². The van der Waals surface area contributed by atoms with E-state index >= 15 is 0 Å². The molecule has 8 nitrogen and oxygen atoms in total. The SMILES string of the molecule is CC(C)c1noc(C2CCCN2C(=O)CCc2cc3n(n2)CCCNC3)n1. The third-order valence-corrected chi connectivity index (χ3v) is 5.37. The van der Waals surface area contributed by atoms with E-state index in [4.69, 9.17) is 4.52 Å². The van der Waals surface area contributed by atoms with Crippen molar-refractivity contribution in [1.29, 1.82) is 0 Å². The summed E-state index contributed by atoms with van der Waals surface area (Å²) in [7, 11) is 0. The van der Waals surface area contributed by atoms with Gasteiger partial charge in [-0.2, -0.15) is 10.1 Å². The van der Waals surface area contributed by atoms with Crippen LogP contribution in [0.4, 0.5) is 0 Å². The minimum Gasteiger partial charge on any atom is -0.337 e. The molecule has 0 radical (unpaired) electrons. The maximum atomic E-state index is 12.8. The van der Waals surface area contributed by atoms with E-state index in [1.807, 2.05) is 18.7 Å². The van der Waals surface area contributed by atoms with E-state index in [0.717, 1.165) is 51.1 Å². The van der Waals surface area contributed by atoms with E-state index in [1.54, 1.807) is 0 Å². The molecule has 1 atom stereocenters. The Morgan fingerprint density at radius 2 is 2.26 bits per heavy atom. The molecule has 1 amide bonds. The van der Waals surface area contributed by atoms with Gasteiger partial charge in [0.2, 0.25) is 11.8 Å². The van der Waals surface area contributed by atoms with Crippen LogP contribution in [0.15, 0.2) is 10.6 Å². The molecule has 146 valence electrons. The molecule has 2 aromatic heterocycles. The number of hydrogen-bond acceptors (Lipinski definition) is 6. The number of likely N-dealkylation sites (tertiary alicyclic amines) is 1.